The second-order valence-corrected chi connectivity index (χ2v) is 14.3. The molecule has 0 spiro atoms. The highest BCUT2D eigenvalue weighted by Gasteiger charge is 2.50. The van der Waals surface area contributed by atoms with Gasteiger partial charge in [-0.05, 0) is 85.4 Å². The molecule has 2 aliphatic rings. The van der Waals surface area contributed by atoms with Gasteiger partial charge in [0.05, 0.1) is 11.2 Å². The van der Waals surface area contributed by atoms with Crippen LogP contribution in [0, 0.1) is 16.7 Å². The molecule has 1 atom stereocenters. The van der Waals surface area contributed by atoms with Gasteiger partial charge in [0.15, 0.2) is 0 Å². The van der Waals surface area contributed by atoms with Crippen LogP contribution >= 0.6 is 0 Å². The van der Waals surface area contributed by atoms with Gasteiger partial charge in [0.1, 0.15) is 11.4 Å². The van der Waals surface area contributed by atoms with Crippen molar-refractivity contribution in [2.45, 2.75) is 138 Å². The Morgan fingerprint density at radius 2 is 1.43 bits per heavy atom. The third-order valence-electron chi connectivity index (χ3n) is 8.06. The van der Waals surface area contributed by atoms with Crippen molar-refractivity contribution in [3.8, 4) is 0 Å². The lowest BCUT2D eigenvalue weighted by Crippen LogP contribution is -2.47. The van der Waals surface area contributed by atoms with E-state index < -0.39 is 5.60 Å². The topological polar surface area (TPSA) is 65.1 Å². The zero-order valence-corrected chi connectivity index (χ0v) is 24.5. The summed E-state index contributed by atoms with van der Waals surface area (Å²) >= 11 is 0. The number of rotatable bonds is 8. The number of likely N-dealkylation sites (tertiary alicyclic amines) is 1. The highest BCUT2D eigenvalue weighted by Crippen LogP contribution is 2.44. The average molecular weight is 494 g/mol. The number of hydrogen-bond acceptors (Lipinski definition) is 5. The van der Waals surface area contributed by atoms with Crippen LogP contribution in [0.15, 0.2) is 0 Å². The third-order valence-corrected chi connectivity index (χ3v) is 8.06. The molecule has 35 heavy (non-hydrogen) atoms. The summed E-state index contributed by atoms with van der Waals surface area (Å²) in [4.78, 5) is 28.0. The van der Waals surface area contributed by atoms with Gasteiger partial charge in [0, 0.05) is 24.9 Å². The first-order valence-electron chi connectivity index (χ1n) is 13.6. The lowest BCUT2D eigenvalue weighted by Gasteiger charge is -2.43. The number of ketones is 1. The standard InChI is InChI=1S/C28H52BNO5/c1-24(2,3)20-22(31)28(11,16-12-13-17-29-34-26(7,8)27(9,10)35-29)21-14-18-30(19-15-21)23(32)33-25(4,5)6/h21H,12-20H2,1-11H3. The molecule has 7 heteroatoms. The Bertz CT molecular complexity index is 727. The van der Waals surface area contributed by atoms with Crippen molar-refractivity contribution in [1.29, 1.82) is 0 Å². The molecule has 0 aromatic carbocycles. The van der Waals surface area contributed by atoms with E-state index in [1.807, 2.05) is 20.8 Å². The van der Waals surface area contributed by atoms with Crippen molar-refractivity contribution in [2.75, 3.05) is 13.1 Å². The van der Waals surface area contributed by atoms with Crippen LogP contribution < -0.4 is 0 Å². The van der Waals surface area contributed by atoms with Crippen molar-refractivity contribution < 1.29 is 23.6 Å². The molecule has 0 saturated carbocycles. The predicted octanol–water partition coefficient (Wildman–Crippen LogP) is 6.91. The molecule has 0 radical (unpaired) electrons. The maximum Gasteiger partial charge on any atom is 0.457 e. The average Bonchev–Trinajstić information content (AvgIpc) is 2.89. The fraction of sp³-hybridized carbons (Fsp3) is 0.929. The molecule has 2 saturated heterocycles. The molecule has 0 bridgehead atoms. The molecule has 0 aromatic heterocycles. The van der Waals surface area contributed by atoms with Gasteiger partial charge in [-0.15, -0.1) is 0 Å². The van der Waals surface area contributed by atoms with E-state index in [-0.39, 0.29) is 41.2 Å². The highest BCUT2D eigenvalue weighted by molar-refractivity contribution is 6.45. The first-order chi connectivity index (χ1) is 15.8. The number of hydrogen-bond donors (Lipinski definition) is 0. The highest BCUT2D eigenvalue weighted by atomic mass is 16.7. The molecule has 0 N–H and O–H groups in total. The van der Waals surface area contributed by atoms with Crippen molar-refractivity contribution in [2.24, 2.45) is 16.7 Å². The van der Waals surface area contributed by atoms with E-state index in [0.29, 0.717) is 25.3 Å². The second kappa shape index (κ2) is 10.7. The first-order valence-corrected chi connectivity index (χ1v) is 13.6. The smallest absolute Gasteiger partial charge is 0.444 e. The van der Waals surface area contributed by atoms with Gasteiger partial charge in [0.2, 0.25) is 0 Å². The summed E-state index contributed by atoms with van der Waals surface area (Å²) in [7, 11) is -0.186. The molecule has 2 rings (SSSR count). The summed E-state index contributed by atoms with van der Waals surface area (Å²) in [6.45, 7) is 23.9. The quantitative estimate of drug-likeness (QED) is 0.272. The molecule has 0 aliphatic carbocycles. The van der Waals surface area contributed by atoms with Gasteiger partial charge in [-0.3, -0.25) is 4.79 Å². The van der Waals surface area contributed by atoms with E-state index in [2.05, 4.69) is 55.4 Å². The van der Waals surface area contributed by atoms with Crippen LogP contribution in [-0.4, -0.2) is 53.8 Å². The van der Waals surface area contributed by atoms with Crippen LogP contribution in [0.1, 0.15) is 115 Å². The second-order valence-electron chi connectivity index (χ2n) is 14.3. The number of unbranched alkanes of at least 4 members (excludes halogenated alkanes) is 1. The van der Waals surface area contributed by atoms with Gasteiger partial charge in [-0.1, -0.05) is 40.5 Å². The Morgan fingerprint density at radius 1 is 0.914 bits per heavy atom. The zero-order chi connectivity index (χ0) is 26.9. The Hall–Kier alpha value is -1.08. The minimum atomic E-state index is -0.498. The summed E-state index contributed by atoms with van der Waals surface area (Å²) in [6.07, 6.45) is 5.63. The van der Waals surface area contributed by atoms with Gasteiger partial charge >= 0.3 is 13.2 Å². The van der Waals surface area contributed by atoms with Gasteiger partial charge in [-0.25, -0.2) is 4.79 Å². The molecule has 2 aliphatic heterocycles. The number of Topliss-reactive ketones (excluding diaryl/α,β-unsaturated/α-hetero) is 1. The van der Waals surface area contributed by atoms with E-state index >= 15 is 0 Å². The summed E-state index contributed by atoms with van der Waals surface area (Å²) in [5, 5.41) is 0. The van der Waals surface area contributed by atoms with Crippen LogP contribution in [-0.2, 0) is 18.8 Å². The fourth-order valence-electron chi connectivity index (χ4n) is 5.17. The molecule has 1 unspecified atom stereocenters. The van der Waals surface area contributed by atoms with Crippen LogP contribution in [0.4, 0.5) is 4.79 Å². The number of nitrogens with zero attached hydrogens (tertiary/aromatic N) is 1. The maximum atomic E-state index is 13.6. The molecular weight excluding hydrogens is 441 g/mol. The number of carbonyl (C=O) groups is 2. The van der Waals surface area contributed by atoms with Crippen molar-refractivity contribution in [3.63, 3.8) is 0 Å². The van der Waals surface area contributed by atoms with E-state index in [1.165, 1.54) is 0 Å². The summed E-state index contributed by atoms with van der Waals surface area (Å²) < 4.78 is 17.9. The molecular formula is C28H52BNO5. The maximum absolute atomic E-state index is 13.6. The van der Waals surface area contributed by atoms with Crippen LogP contribution in [0.2, 0.25) is 6.32 Å². The first kappa shape index (κ1) is 30.2. The SMILES string of the molecule is CC(C)(C)CC(=O)C(C)(CCCCB1OC(C)(C)C(C)(C)O1)C1CCN(C(=O)OC(C)(C)C)CC1. The van der Waals surface area contributed by atoms with E-state index in [0.717, 1.165) is 38.4 Å². The fourth-order valence-corrected chi connectivity index (χ4v) is 5.17. The molecule has 2 heterocycles. The summed E-state index contributed by atoms with van der Waals surface area (Å²) in [5.74, 6) is 0.629. The number of carbonyl (C=O) groups excluding carboxylic acids is 2. The molecule has 2 fully saturated rings. The Labute approximate surface area is 215 Å². The predicted molar refractivity (Wildman–Crippen MR) is 142 cm³/mol. The van der Waals surface area contributed by atoms with Gasteiger partial charge < -0.3 is 18.9 Å². The third kappa shape index (κ3) is 8.21. The number of amides is 1. The van der Waals surface area contributed by atoms with Gasteiger partial charge in [-0.2, -0.15) is 0 Å². The van der Waals surface area contributed by atoms with Crippen molar-refractivity contribution in [1.82, 2.24) is 4.90 Å². The molecule has 0 aromatic rings. The summed E-state index contributed by atoms with van der Waals surface area (Å²) in [6, 6.07) is 0. The van der Waals surface area contributed by atoms with E-state index in [9.17, 15) is 9.59 Å². The molecule has 202 valence electrons. The minimum absolute atomic E-state index is 0.0434. The number of ether oxygens (including phenoxy) is 1. The van der Waals surface area contributed by atoms with E-state index in [1.54, 1.807) is 4.90 Å². The monoisotopic (exact) mass is 493 g/mol. The Morgan fingerprint density at radius 3 is 1.89 bits per heavy atom. The summed E-state index contributed by atoms with van der Waals surface area (Å²) in [5.41, 5.74) is -1.54. The lowest BCUT2D eigenvalue weighted by molar-refractivity contribution is -0.134. The largest absolute Gasteiger partial charge is 0.457 e. The lowest BCUT2D eigenvalue weighted by atomic mass is 9.64. The molecule has 6 nitrogen and oxygen atoms in total. The van der Waals surface area contributed by atoms with Crippen LogP contribution in [0.5, 0.6) is 0 Å². The Kier molecular flexibility index (Phi) is 9.24. The van der Waals surface area contributed by atoms with Crippen LogP contribution in [0.3, 0.4) is 0 Å². The number of piperidine rings is 1. The van der Waals surface area contributed by atoms with Crippen LogP contribution in [0.25, 0.3) is 0 Å². The Balaban J connectivity index is 1.99. The molecule has 1 amide bonds. The van der Waals surface area contributed by atoms with Crippen molar-refractivity contribution >= 4 is 19.0 Å². The van der Waals surface area contributed by atoms with E-state index in [4.69, 9.17) is 14.0 Å². The zero-order valence-electron chi connectivity index (χ0n) is 24.5. The van der Waals surface area contributed by atoms with Crippen molar-refractivity contribution in [3.05, 3.63) is 0 Å². The normalized spacial score (nSPS) is 22.7. The van der Waals surface area contributed by atoms with Gasteiger partial charge in [0.25, 0.3) is 0 Å². The minimum Gasteiger partial charge on any atom is -0.444 e.